The predicted molar refractivity (Wildman–Crippen MR) is 173 cm³/mol. The molecule has 5 rings (SSSR count). The van der Waals surface area contributed by atoms with Crippen LogP contribution < -0.4 is 4.90 Å². The number of aromatic nitrogens is 1. The number of methoxy groups -OCH3 is 1. The van der Waals surface area contributed by atoms with Crippen LogP contribution in [0.25, 0.3) is 11.8 Å². The summed E-state index contributed by atoms with van der Waals surface area (Å²) in [6.07, 6.45) is 3.83. The molecular weight excluding hydrogens is 542 g/mol. The fraction of sp³-hybridized carbons (Fsp3) is 0.229. The van der Waals surface area contributed by atoms with Gasteiger partial charge < -0.3 is 9.30 Å². The van der Waals surface area contributed by atoms with Crippen LogP contribution in [0.5, 0.6) is 0 Å². The molecule has 0 bridgehead atoms. The number of hydrogen-bond acceptors (Lipinski definition) is 5. The number of carbonyl (C=O) groups is 2. The molecule has 1 amide bonds. The van der Waals surface area contributed by atoms with Crippen LogP contribution in [0.1, 0.15) is 57.8 Å². The number of carbonyl (C=O) groups excluding carboxylic acids is 2. The number of amidine groups is 1. The summed E-state index contributed by atoms with van der Waals surface area (Å²) < 4.78 is 7.06. The Labute approximate surface area is 251 Å². The highest BCUT2D eigenvalue weighted by molar-refractivity contribution is 8.19. The van der Waals surface area contributed by atoms with Gasteiger partial charge in [-0.1, -0.05) is 44.2 Å². The van der Waals surface area contributed by atoms with Crippen molar-refractivity contribution in [1.29, 1.82) is 0 Å². The molecule has 4 aromatic rings. The van der Waals surface area contributed by atoms with Crippen molar-refractivity contribution in [3.8, 4) is 5.69 Å². The van der Waals surface area contributed by atoms with Crippen LogP contribution in [0, 0.1) is 20.8 Å². The first-order valence-corrected chi connectivity index (χ1v) is 14.9. The van der Waals surface area contributed by atoms with Crippen LogP contribution in [-0.4, -0.2) is 28.7 Å². The maximum atomic E-state index is 13.9. The van der Waals surface area contributed by atoms with Crippen LogP contribution >= 0.6 is 11.8 Å². The molecule has 42 heavy (non-hydrogen) atoms. The molecule has 1 aliphatic heterocycles. The van der Waals surface area contributed by atoms with Crippen molar-refractivity contribution in [1.82, 2.24) is 4.57 Å². The van der Waals surface area contributed by atoms with E-state index in [1.807, 2.05) is 63.2 Å². The Morgan fingerprint density at radius 3 is 2.17 bits per heavy atom. The minimum Gasteiger partial charge on any atom is -0.465 e. The lowest BCUT2D eigenvalue weighted by atomic mass is 10.1. The van der Waals surface area contributed by atoms with Crippen LogP contribution in [0.15, 0.2) is 82.7 Å². The molecule has 1 aromatic heterocycles. The Morgan fingerprint density at radius 1 is 0.905 bits per heavy atom. The summed E-state index contributed by atoms with van der Waals surface area (Å²) in [7, 11) is 1.38. The quantitative estimate of drug-likeness (QED) is 0.164. The Kier molecular flexibility index (Phi) is 8.50. The van der Waals surface area contributed by atoms with Crippen molar-refractivity contribution >= 4 is 46.3 Å². The van der Waals surface area contributed by atoms with Crippen LogP contribution in [0.4, 0.5) is 11.4 Å². The average Bonchev–Trinajstić information content (AvgIpc) is 3.46. The van der Waals surface area contributed by atoms with Gasteiger partial charge in [-0.25, -0.2) is 9.79 Å². The Balaban J connectivity index is 1.57. The highest BCUT2D eigenvalue weighted by Crippen LogP contribution is 2.38. The average molecular weight is 578 g/mol. The summed E-state index contributed by atoms with van der Waals surface area (Å²) in [5, 5.41) is 0.621. The van der Waals surface area contributed by atoms with E-state index in [2.05, 4.69) is 48.7 Å². The van der Waals surface area contributed by atoms with E-state index in [-0.39, 0.29) is 11.9 Å². The summed E-state index contributed by atoms with van der Waals surface area (Å²) in [5.74, 6) is -0.487. The van der Waals surface area contributed by atoms with E-state index in [0.29, 0.717) is 15.6 Å². The number of thioether (sulfide) groups is 1. The van der Waals surface area contributed by atoms with Gasteiger partial charge in [-0.2, -0.15) is 0 Å². The number of aliphatic imine (C=N–C) groups is 1. The topological polar surface area (TPSA) is 63.9 Å². The van der Waals surface area contributed by atoms with Crippen molar-refractivity contribution in [3.63, 3.8) is 0 Å². The molecule has 6 nitrogen and oxygen atoms in total. The van der Waals surface area contributed by atoms with E-state index < -0.39 is 0 Å². The lowest BCUT2D eigenvalue weighted by Crippen LogP contribution is -2.28. The molecule has 1 saturated heterocycles. The fourth-order valence-electron chi connectivity index (χ4n) is 5.11. The molecular formula is C35H35N3O3S. The van der Waals surface area contributed by atoms with Gasteiger partial charge in [0.05, 0.1) is 29.0 Å². The third-order valence-corrected chi connectivity index (χ3v) is 8.58. The summed E-state index contributed by atoms with van der Waals surface area (Å²) in [5.41, 5.74) is 9.36. The second-order valence-corrected chi connectivity index (χ2v) is 11.3. The number of esters is 1. The Bertz CT molecular complexity index is 1710. The Morgan fingerprint density at radius 2 is 1.55 bits per heavy atom. The summed E-state index contributed by atoms with van der Waals surface area (Å²) >= 11 is 1.38. The lowest BCUT2D eigenvalue weighted by molar-refractivity contribution is -0.113. The molecule has 0 atom stereocenters. The van der Waals surface area contributed by atoms with Gasteiger partial charge in [0.1, 0.15) is 0 Å². The molecule has 0 spiro atoms. The van der Waals surface area contributed by atoms with Gasteiger partial charge >= 0.3 is 5.97 Å². The second kappa shape index (κ2) is 12.2. The van der Waals surface area contributed by atoms with Crippen LogP contribution in [-0.2, 0) is 22.4 Å². The zero-order valence-electron chi connectivity index (χ0n) is 24.9. The first kappa shape index (κ1) is 29.1. The second-order valence-electron chi connectivity index (χ2n) is 10.3. The van der Waals surface area contributed by atoms with Gasteiger partial charge in [-0.3, -0.25) is 9.69 Å². The van der Waals surface area contributed by atoms with Gasteiger partial charge in [-0.05, 0) is 116 Å². The van der Waals surface area contributed by atoms with Gasteiger partial charge in [0, 0.05) is 17.1 Å². The zero-order valence-corrected chi connectivity index (χ0v) is 25.7. The van der Waals surface area contributed by atoms with E-state index in [1.54, 1.807) is 11.0 Å². The monoisotopic (exact) mass is 577 g/mol. The number of ether oxygens (including phenoxy) is 1. The standard InChI is InChI=1S/C35H35N3O3S/c1-7-25-10-15-29(16-11-25)36-35-38(30-17-12-26(8-2)13-18-30)33(39)32(42-35)21-28-19-23(4)37(24(28)5)31-20-27(34(40)41-6)14-9-22(31)3/h9-21H,7-8H2,1-6H3/b32-21-,36-35?. The van der Waals surface area contributed by atoms with E-state index >= 15 is 0 Å². The number of aryl methyl sites for hydroxylation is 4. The predicted octanol–water partition coefficient (Wildman–Crippen LogP) is 8.12. The van der Waals surface area contributed by atoms with E-state index in [0.717, 1.165) is 52.4 Å². The maximum absolute atomic E-state index is 13.9. The summed E-state index contributed by atoms with van der Waals surface area (Å²) in [6, 6.07) is 23.8. The Hall–Kier alpha value is -4.36. The van der Waals surface area contributed by atoms with E-state index in [4.69, 9.17) is 9.73 Å². The van der Waals surface area contributed by atoms with Gasteiger partial charge in [0.2, 0.25) is 0 Å². The summed E-state index contributed by atoms with van der Waals surface area (Å²) in [6.45, 7) is 10.3. The molecule has 0 radical (unpaired) electrons. The fourth-order valence-corrected chi connectivity index (χ4v) is 6.11. The molecule has 0 aliphatic carbocycles. The molecule has 2 heterocycles. The third kappa shape index (κ3) is 5.70. The molecule has 7 heteroatoms. The number of benzene rings is 3. The largest absolute Gasteiger partial charge is 0.465 e. The van der Waals surface area contributed by atoms with Crippen molar-refractivity contribution in [2.75, 3.05) is 12.0 Å². The third-order valence-electron chi connectivity index (χ3n) is 7.61. The number of hydrogen-bond donors (Lipinski definition) is 0. The van der Waals surface area contributed by atoms with Gasteiger partial charge in [0.15, 0.2) is 5.17 Å². The number of nitrogens with zero attached hydrogens (tertiary/aromatic N) is 3. The van der Waals surface area contributed by atoms with Gasteiger partial charge in [-0.15, -0.1) is 0 Å². The van der Waals surface area contributed by atoms with Crippen molar-refractivity contribution in [2.24, 2.45) is 4.99 Å². The van der Waals surface area contributed by atoms with Crippen LogP contribution in [0.3, 0.4) is 0 Å². The zero-order chi connectivity index (χ0) is 30.0. The van der Waals surface area contributed by atoms with Crippen molar-refractivity contribution in [2.45, 2.75) is 47.5 Å². The van der Waals surface area contributed by atoms with Crippen molar-refractivity contribution < 1.29 is 14.3 Å². The highest BCUT2D eigenvalue weighted by Gasteiger charge is 2.35. The number of rotatable bonds is 7. The van der Waals surface area contributed by atoms with E-state index in [9.17, 15) is 9.59 Å². The SMILES string of the molecule is CCc1ccc(N=C2S/C(=C\c3cc(C)n(-c4cc(C(=O)OC)ccc4C)c3C)C(=O)N2c2ccc(CC)cc2)cc1. The first-order valence-electron chi connectivity index (χ1n) is 14.1. The van der Waals surface area contributed by atoms with Crippen LogP contribution in [0.2, 0.25) is 0 Å². The molecule has 0 N–H and O–H groups in total. The summed E-state index contributed by atoms with van der Waals surface area (Å²) in [4.78, 5) is 33.4. The lowest BCUT2D eigenvalue weighted by Gasteiger charge is -2.16. The smallest absolute Gasteiger partial charge is 0.337 e. The molecule has 0 unspecified atom stereocenters. The first-order chi connectivity index (χ1) is 20.2. The minimum atomic E-state index is -0.378. The highest BCUT2D eigenvalue weighted by atomic mass is 32.2. The van der Waals surface area contributed by atoms with E-state index in [1.165, 1.54) is 30.0 Å². The molecule has 1 fully saturated rings. The van der Waals surface area contributed by atoms with Gasteiger partial charge in [0.25, 0.3) is 5.91 Å². The minimum absolute atomic E-state index is 0.109. The maximum Gasteiger partial charge on any atom is 0.337 e. The normalized spacial score (nSPS) is 15.2. The number of amides is 1. The molecule has 0 saturated carbocycles. The molecule has 1 aliphatic rings. The number of anilines is 1. The molecule has 3 aromatic carbocycles. The van der Waals surface area contributed by atoms with Crippen molar-refractivity contribution in [3.05, 3.63) is 117 Å². The molecule has 214 valence electrons.